The Labute approximate surface area is 217 Å². The normalized spacial score (nSPS) is 18.4. The number of non-ortho nitro benzene ring substituents is 1. The molecule has 0 amide bonds. The van der Waals surface area contributed by atoms with E-state index < -0.39 is 23.0 Å². The molecule has 0 bridgehead atoms. The number of nitro groups is 1. The van der Waals surface area contributed by atoms with Crippen LogP contribution in [0.15, 0.2) is 72.8 Å². The van der Waals surface area contributed by atoms with Gasteiger partial charge in [-0.25, -0.2) is 4.68 Å². The topological polar surface area (TPSA) is 129 Å². The van der Waals surface area contributed by atoms with E-state index in [1.807, 2.05) is 55.5 Å². The van der Waals surface area contributed by atoms with E-state index in [4.69, 9.17) is 26.8 Å². The number of rotatable bonds is 6. The fourth-order valence-electron chi connectivity index (χ4n) is 4.60. The van der Waals surface area contributed by atoms with Gasteiger partial charge < -0.3 is 9.47 Å². The van der Waals surface area contributed by atoms with Gasteiger partial charge >= 0.3 is 0 Å². The number of ether oxygens (including phenoxy) is 2. The van der Waals surface area contributed by atoms with Gasteiger partial charge in [0.2, 0.25) is 5.88 Å². The highest BCUT2D eigenvalue weighted by Gasteiger charge is 2.43. The molecule has 1 aliphatic rings. The molecule has 3 unspecified atom stereocenters. The van der Waals surface area contributed by atoms with Crippen molar-refractivity contribution in [1.82, 2.24) is 9.78 Å². The third-order valence-corrected chi connectivity index (χ3v) is 6.73. The van der Waals surface area contributed by atoms with Gasteiger partial charge in [-0.05, 0) is 31.2 Å². The first-order chi connectivity index (χ1) is 17.9. The SMILES string of the molecule is Cc1nn(-c2ccccc2)c2c1C(c1cc([N+](=O)[O-])ccc1OCc1ccccc1Cl)C(C#N)C(N)O2. The summed E-state index contributed by atoms with van der Waals surface area (Å²) in [5.41, 5.74) is 9.40. The molecule has 0 saturated heterocycles. The zero-order valence-corrected chi connectivity index (χ0v) is 20.5. The number of aryl methyl sites for hydroxylation is 1. The molecule has 9 nitrogen and oxygen atoms in total. The van der Waals surface area contributed by atoms with Crippen LogP contribution in [-0.4, -0.2) is 20.9 Å². The second kappa shape index (κ2) is 9.93. The van der Waals surface area contributed by atoms with Crippen LogP contribution in [0.1, 0.15) is 28.3 Å². The van der Waals surface area contributed by atoms with E-state index >= 15 is 0 Å². The van der Waals surface area contributed by atoms with Crippen molar-refractivity contribution in [3.63, 3.8) is 0 Å². The summed E-state index contributed by atoms with van der Waals surface area (Å²) in [6, 6.07) is 23.2. The zero-order chi connectivity index (χ0) is 26.1. The largest absolute Gasteiger partial charge is 0.489 e. The molecule has 186 valence electrons. The molecule has 10 heteroatoms. The molecule has 0 saturated carbocycles. The van der Waals surface area contributed by atoms with Crippen molar-refractivity contribution in [2.24, 2.45) is 11.7 Å². The van der Waals surface area contributed by atoms with Crippen LogP contribution in [0.2, 0.25) is 5.02 Å². The highest BCUT2D eigenvalue weighted by molar-refractivity contribution is 6.31. The smallest absolute Gasteiger partial charge is 0.269 e. The molecular formula is C27H22ClN5O4. The number of aromatic nitrogens is 2. The van der Waals surface area contributed by atoms with Crippen molar-refractivity contribution in [1.29, 1.82) is 5.26 Å². The maximum atomic E-state index is 11.7. The van der Waals surface area contributed by atoms with Crippen molar-refractivity contribution in [3.05, 3.63) is 110 Å². The first-order valence-corrected chi connectivity index (χ1v) is 11.9. The fraction of sp³-hybridized carbons (Fsp3) is 0.185. The number of nitrogens with two attached hydrogens (primary N) is 1. The molecule has 2 N–H and O–H groups in total. The fourth-order valence-corrected chi connectivity index (χ4v) is 4.79. The lowest BCUT2D eigenvalue weighted by atomic mass is 9.78. The number of nitrogens with zero attached hydrogens (tertiary/aromatic N) is 4. The number of halogens is 1. The number of para-hydroxylation sites is 1. The molecule has 0 fully saturated rings. The first kappa shape index (κ1) is 24.3. The number of fused-ring (bicyclic) bond motifs is 1. The zero-order valence-electron chi connectivity index (χ0n) is 19.7. The molecule has 5 rings (SSSR count). The molecule has 1 aromatic heterocycles. The predicted octanol–water partition coefficient (Wildman–Crippen LogP) is 5.27. The summed E-state index contributed by atoms with van der Waals surface area (Å²) in [4.78, 5) is 11.2. The van der Waals surface area contributed by atoms with Crippen molar-refractivity contribution >= 4 is 17.3 Å². The van der Waals surface area contributed by atoms with E-state index in [1.165, 1.54) is 18.2 Å². The van der Waals surface area contributed by atoms with Crippen LogP contribution < -0.4 is 15.2 Å². The van der Waals surface area contributed by atoms with Gasteiger partial charge in [0.1, 0.15) is 18.3 Å². The molecule has 3 aromatic carbocycles. The van der Waals surface area contributed by atoms with Gasteiger partial charge in [-0.15, -0.1) is 0 Å². The van der Waals surface area contributed by atoms with Crippen LogP contribution in [0.5, 0.6) is 11.6 Å². The molecular weight excluding hydrogens is 494 g/mol. The number of hydrogen-bond acceptors (Lipinski definition) is 7. The van der Waals surface area contributed by atoms with Gasteiger partial charge in [0.25, 0.3) is 5.69 Å². The minimum Gasteiger partial charge on any atom is -0.489 e. The molecule has 1 aliphatic heterocycles. The molecule has 0 aliphatic carbocycles. The highest BCUT2D eigenvalue weighted by atomic mass is 35.5. The second-order valence-electron chi connectivity index (χ2n) is 8.63. The van der Waals surface area contributed by atoms with Gasteiger partial charge in [-0.1, -0.05) is 48.0 Å². The van der Waals surface area contributed by atoms with Crippen molar-refractivity contribution in [2.75, 3.05) is 0 Å². The summed E-state index contributed by atoms with van der Waals surface area (Å²) >= 11 is 6.30. The molecule has 0 radical (unpaired) electrons. The summed E-state index contributed by atoms with van der Waals surface area (Å²) in [6.45, 7) is 1.94. The maximum absolute atomic E-state index is 11.7. The Morgan fingerprint density at radius 3 is 2.62 bits per heavy atom. The van der Waals surface area contributed by atoms with E-state index in [2.05, 4.69) is 11.2 Å². The minimum atomic E-state index is -1.00. The van der Waals surface area contributed by atoms with Crippen LogP contribution in [-0.2, 0) is 6.61 Å². The van der Waals surface area contributed by atoms with Crippen LogP contribution in [0.4, 0.5) is 5.69 Å². The molecule has 4 aromatic rings. The van der Waals surface area contributed by atoms with Crippen LogP contribution in [0.3, 0.4) is 0 Å². The lowest BCUT2D eigenvalue weighted by molar-refractivity contribution is -0.385. The highest BCUT2D eigenvalue weighted by Crippen LogP contribution is 2.48. The standard InChI is InChI=1S/C27H22ClN5O4/c1-16-24-25(21(14-29)26(30)37-27(24)32(31-16)18-8-3-2-4-9-18)20-13-19(33(34)35)11-12-23(20)36-15-17-7-5-6-10-22(17)28/h2-13,21,25-26H,15,30H2,1H3. The van der Waals surface area contributed by atoms with Crippen LogP contribution in [0, 0.1) is 34.3 Å². The number of benzene rings is 3. The lowest BCUT2D eigenvalue weighted by Gasteiger charge is -2.33. The monoisotopic (exact) mass is 515 g/mol. The number of hydrogen-bond donors (Lipinski definition) is 1. The summed E-state index contributed by atoms with van der Waals surface area (Å²) in [7, 11) is 0. The van der Waals surface area contributed by atoms with Gasteiger partial charge in [0.15, 0.2) is 6.23 Å². The van der Waals surface area contributed by atoms with E-state index in [-0.39, 0.29) is 12.3 Å². The van der Waals surface area contributed by atoms with Gasteiger partial charge in [0, 0.05) is 39.8 Å². The van der Waals surface area contributed by atoms with E-state index in [1.54, 1.807) is 10.7 Å². The summed E-state index contributed by atoms with van der Waals surface area (Å²) in [5.74, 6) is -0.786. The van der Waals surface area contributed by atoms with Crippen LogP contribution in [0.25, 0.3) is 5.69 Å². The maximum Gasteiger partial charge on any atom is 0.269 e. The third kappa shape index (κ3) is 4.48. The first-order valence-electron chi connectivity index (χ1n) is 11.5. The van der Waals surface area contributed by atoms with E-state index in [0.717, 1.165) is 11.3 Å². The van der Waals surface area contributed by atoms with Crippen molar-refractivity contribution < 1.29 is 14.4 Å². The number of nitro benzene ring substituents is 1. The Balaban J connectivity index is 1.67. The summed E-state index contributed by atoms with van der Waals surface area (Å²) in [5, 5.41) is 27.0. The Hall–Kier alpha value is -4.39. The predicted molar refractivity (Wildman–Crippen MR) is 137 cm³/mol. The van der Waals surface area contributed by atoms with Gasteiger partial charge in [-0.2, -0.15) is 10.4 Å². The third-order valence-electron chi connectivity index (χ3n) is 6.36. The van der Waals surface area contributed by atoms with Crippen LogP contribution >= 0.6 is 11.6 Å². The Morgan fingerprint density at radius 1 is 1.19 bits per heavy atom. The van der Waals surface area contributed by atoms with Crippen molar-refractivity contribution in [2.45, 2.75) is 25.7 Å². The molecule has 37 heavy (non-hydrogen) atoms. The summed E-state index contributed by atoms with van der Waals surface area (Å²) < 4.78 is 13.8. The average Bonchev–Trinajstić information content (AvgIpc) is 3.23. The second-order valence-corrected chi connectivity index (χ2v) is 9.03. The van der Waals surface area contributed by atoms with E-state index in [0.29, 0.717) is 33.5 Å². The summed E-state index contributed by atoms with van der Waals surface area (Å²) in [6.07, 6.45) is -1.00. The van der Waals surface area contributed by atoms with Gasteiger partial charge in [-0.3, -0.25) is 15.8 Å². The molecule has 3 atom stereocenters. The molecule has 0 spiro atoms. The Bertz CT molecular complexity index is 1520. The minimum absolute atomic E-state index is 0.131. The molecule has 2 heterocycles. The quantitative estimate of drug-likeness (QED) is 0.273. The van der Waals surface area contributed by atoms with E-state index in [9.17, 15) is 15.4 Å². The van der Waals surface area contributed by atoms with Crippen molar-refractivity contribution in [3.8, 4) is 23.4 Å². The Morgan fingerprint density at radius 2 is 1.92 bits per heavy atom. The average molecular weight is 516 g/mol. The Kier molecular flexibility index (Phi) is 6.53. The number of nitriles is 1. The lowest BCUT2D eigenvalue weighted by Crippen LogP contribution is -2.42. The van der Waals surface area contributed by atoms with Gasteiger partial charge in [0.05, 0.1) is 22.4 Å².